The lowest BCUT2D eigenvalue weighted by Gasteiger charge is -2.30. The molecular weight excluding hydrogens is 246 g/mol. The molecule has 0 heterocycles. The second-order valence-corrected chi connectivity index (χ2v) is 5.79. The number of hydrogen-bond donors (Lipinski definition) is 1. The lowest BCUT2D eigenvalue weighted by atomic mass is 9.85. The van der Waals surface area contributed by atoms with Crippen LogP contribution in [0.2, 0.25) is 5.02 Å². The zero-order valence-corrected chi connectivity index (χ0v) is 11.7. The molecule has 18 heavy (non-hydrogen) atoms. The van der Waals surface area contributed by atoms with Crippen LogP contribution in [0.4, 0.5) is 0 Å². The average Bonchev–Trinajstić information content (AvgIpc) is 2.31. The van der Waals surface area contributed by atoms with Gasteiger partial charge in [0.1, 0.15) is 0 Å². The fourth-order valence-electron chi connectivity index (χ4n) is 2.45. The number of aliphatic hydroxyl groups excluding tert-OH is 1. The number of benzene rings is 1. The van der Waals surface area contributed by atoms with Gasteiger partial charge in [0.15, 0.2) is 0 Å². The van der Waals surface area contributed by atoms with Crippen LogP contribution in [0, 0.1) is 5.92 Å². The van der Waals surface area contributed by atoms with Gasteiger partial charge in [0.2, 0.25) is 0 Å². The second-order valence-electron chi connectivity index (χ2n) is 5.39. The van der Waals surface area contributed by atoms with E-state index in [0.717, 1.165) is 31.0 Å². The molecule has 1 aromatic carbocycles. The van der Waals surface area contributed by atoms with Crippen LogP contribution >= 0.6 is 11.6 Å². The molecule has 0 aromatic heterocycles. The molecule has 0 radical (unpaired) electrons. The van der Waals surface area contributed by atoms with E-state index in [4.69, 9.17) is 11.6 Å². The van der Waals surface area contributed by atoms with E-state index >= 15 is 0 Å². The van der Waals surface area contributed by atoms with Gasteiger partial charge in [-0.25, -0.2) is 0 Å². The van der Waals surface area contributed by atoms with Crippen LogP contribution < -0.4 is 0 Å². The van der Waals surface area contributed by atoms with Crippen molar-refractivity contribution in [2.45, 2.75) is 31.8 Å². The highest BCUT2D eigenvalue weighted by atomic mass is 35.5. The van der Waals surface area contributed by atoms with Gasteiger partial charge in [-0.3, -0.25) is 0 Å². The lowest BCUT2D eigenvalue weighted by molar-refractivity contribution is 0.135. The molecular formula is C15H22ClNO. The molecule has 2 rings (SSSR count). The smallest absolute Gasteiger partial charge is 0.0816 e. The average molecular weight is 268 g/mol. The molecule has 0 aliphatic heterocycles. The second kappa shape index (κ2) is 6.55. The third-order valence-corrected chi connectivity index (χ3v) is 4.19. The molecule has 1 aliphatic rings. The zero-order chi connectivity index (χ0) is 13.0. The first-order chi connectivity index (χ1) is 8.66. The van der Waals surface area contributed by atoms with Gasteiger partial charge >= 0.3 is 0 Å². The van der Waals surface area contributed by atoms with E-state index in [2.05, 4.69) is 11.9 Å². The largest absolute Gasteiger partial charge is 0.388 e. The van der Waals surface area contributed by atoms with E-state index in [-0.39, 0.29) is 0 Å². The summed E-state index contributed by atoms with van der Waals surface area (Å²) in [5.41, 5.74) is 0.844. The molecule has 2 nitrogen and oxygen atoms in total. The van der Waals surface area contributed by atoms with Crippen LogP contribution in [-0.2, 0) is 0 Å². The van der Waals surface area contributed by atoms with Crippen LogP contribution in [0.3, 0.4) is 0 Å². The molecule has 100 valence electrons. The minimum absolute atomic E-state index is 0.456. The van der Waals surface area contributed by atoms with Crippen molar-refractivity contribution in [3.8, 4) is 0 Å². The van der Waals surface area contributed by atoms with Crippen molar-refractivity contribution in [2.24, 2.45) is 5.92 Å². The Hall–Kier alpha value is -0.570. The molecule has 0 amide bonds. The Labute approximate surface area is 115 Å². The quantitative estimate of drug-likeness (QED) is 0.853. The third-order valence-electron chi connectivity index (χ3n) is 3.84. The molecule has 0 spiro atoms. The summed E-state index contributed by atoms with van der Waals surface area (Å²) in [5, 5.41) is 10.8. The van der Waals surface area contributed by atoms with Gasteiger partial charge in [-0.05, 0) is 43.9 Å². The summed E-state index contributed by atoms with van der Waals surface area (Å²) in [7, 11) is 2.14. The first-order valence-electron chi connectivity index (χ1n) is 6.78. The summed E-state index contributed by atoms with van der Waals surface area (Å²) < 4.78 is 0. The molecule has 3 heteroatoms. The lowest BCUT2D eigenvalue weighted by Crippen LogP contribution is -2.30. The van der Waals surface area contributed by atoms with Crippen molar-refractivity contribution >= 4 is 11.6 Å². The number of rotatable bonds is 6. The highest BCUT2D eigenvalue weighted by Crippen LogP contribution is 2.28. The fraction of sp³-hybridized carbons (Fsp3) is 0.600. The van der Waals surface area contributed by atoms with E-state index in [0.29, 0.717) is 5.02 Å². The Kier molecular flexibility index (Phi) is 5.04. The van der Waals surface area contributed by atoms with E-state index < -0.39 is 6.10 Å². The molecule has 0 bridgehead atoms. The third kappa shape index (κ3) is 3.71. The van der Waals surface area contributed by atoms with Crippen molar-refractivity contribution in [1.82, 2.24) is 4.90 Å². The molecule has 0 saturated heterocycles. The molecule has 1 aromatic rings. The highest BCUT2D eigenvalue weighted by molar-refractivity contribution is 6.31. The van der Waals surface area contributed by atoms with Crippen molar-refractivity contribution < 1.29 is 5.11 Å². The Morgan fingerprint density at radius 1 is 1.39 bits per heavy atom. The Bertz CT molecular complexity index is 379. The van der Waals surface area contributed by atoms with E-state index in [1.54, 1.807) is 0 Å². The van der Waals surface area contributed by atoms with Gasteiger partial charge in [0, 0.05) is 18.1 Å². The first-order valence-corrected chi connectivity index (χ1v) is 7.15. The number of nitrogens with zero attached hydrogens (tertiary/aromatic N) is 1. The number of halogens is 1. The number of aliphatic hydroxyl groups is 1. The maximum atomic E-state index is 10.1. The van der Waals surface area contributed by atoms with Crippen molar-refractivity contribution in [3.05, 3.63) is 34.9 Å². The van der Waals surface area contributed by atoms with Gasteiger partial charge in [-0.2, -0.15) is 0 Å². The Balaban J connectivity index is 1.77. The highest BCUT2D eigenvalue weighted by Gasteiger charge is 2.19. The fourth-order valence-corrected chi connectivity index (χ4v) is 2.71. The van der Waals surface area contributed by atoms with Gasteiger partial charge in [-0.1, -0.05) is 36.2 Å². The minimum atomic E-state index is -0.456. The van der Waals surface area contributed by atoms with Crippen LogP contribution in [0.15, 0.2) is 24.3 Å². The summed E-state index contributed by atoms with van der Waals surface area (Å²) in [4.78, 5) is 2.32. The first kappa shape index (κ1) is 13.9. The summed E-state index contributed by atoms with van der Waals surface area (Å²) in [6, 6.07) is 7.54. The van der Waals surface area contributed by atoms with Crippen LogP contribution in [0.1, 0.15) is 37.4 Å². The molecule has 1 saturated carbocycles. The van der Waals surface area contributed by atoms with Gasteiger partial charge in [0.25, 0.3) is 0 Å². The van der Waals surface area contributed by atoms with Gasteiger partial charge < -0.3 is 10.0 Å². The molecule has 1 N–H and O–H groups in total. The zero-order valence-electron chi connectivity index (χ0n) is 11.0. The predicted molar refractivity (Wildman–Crippen MR) is 75.9 cm³/mol. The normalized spacial score (nSPS) is 17.8. The number of hydrogen-bond acceptors (Lipinski definition) is 2. The molecule has 1 fully saturated rings. The Morgan fingerprint density at radius 2 is 2.11 bits per heavy atom. The van der Waals surface area contributed by atoms with Crippen molar-refractivity contribution in [2.75, 3.05) is 20.1 Å². The van der Waals surface area contributed by atoms with Crippen LogP contribution in [-0.4, -0.2) is 30.1 Å². The summed E-state index contributed by atoms with van der Waals surface area (Å²) in [5.74, 6) is 0.882. The monoisotopic (exact) mass is 267 g/mol. The summed E-state index contributed by atoms with van der Waals surface area (Å²) in [6.07, 6.45) is 4.42. The molecule has 1 aliphatic carbocycles. The summed E-state index contributed by atoms with van der Waals surface area (Å²) in [6.45, 7) is 2.08. The topological polar surface area (TPSA) is 23.5 Å². The summed E-state index contributed by atoms with van der Waals surface area (Å²) >= 11 is 6.08. The SMILES string of the molecule is CN(CCC(O)c1ccccc1Cl)CC1CCC1. The van der Waals surface area contributed by atoms with Crippen molar-refractivity contribution in [3.63, 3.8) is 0 Å². The maximum Gasteiger partial charge on any atom is 0.0816 e. The predicted octanol–water partition coefficient (Wildman–Crippen LogP) is 3.50. The maximum absolute atomic E-state index is 10.1. The van der Waals surface area contributed by atoms with E-state index in [9.17, 15) is 5.11 Å². The molecule has 1 atom stereocenters. The van der Waals surface area contributed by atoms with E-state index in [1.165, 1.54) is 19.3 Å². The van der Waals surface area contributed by atoms with Crippen LogP contribution in [0.25, 0.3) is 0 Å². The van der Waals surface area contributed by atoms with Crippen molar-refractivity contribution in [1.29, 1.82) is 0 Å². The van der Waals surface area contributed by atoms with Gasteiger partial charge in [0.05, 0.1) is 6.10 Å². The van der Waals surface area contributed by atoms with Crippen LogP contribution in [0.5, 0.6) is 0 Å². The van der Waals surface area contributed by atoms with E-state index in [1.807, 2.05) is 24.3 Å². The molecule has 1 unspecified atom stereocenters. The standard InChI is InChI=1S/C15H22ClNO/c1-17(11-12-5-4-6-12)10-9-15(18)13-7-2-3-8-14(13)16/h2-3,7-8,12,15,18H,4-6,9-11H2,1H3. The minimum Gasteiger partial charge on any atom is -0.388 e. The van der Waals surface area contributed by atoms with Gasteiger partial charge in [-0.15, -0.1) is 0 Å². The Morgan fingerprint density at radius 3 is 2.72 bits per heavy atom.